The Bertz CT molecular complexity index is 558. The third-order valence-corrected chi connectivity index (χ3v) is 2.11. The Balaban J connectivity index is 2.80. The highest BCUT2D eigenvalue weighted by atomic mass is 16.5. The van der Waals surface area contributed by atoms with E-state index in [2.05, 4.69) is 5.32 Å². The van der Waals surface area contributed by atoms with Crippen LogP contribution in [-0.4, -0.2) is 18.9 Å². The second-order valence-electron chi connectivity index (χ2n) is 3.56. The first-order valence-corrected chi connectivity index (χ1v) is 5.39. The molecule has 2 N–H and O–H groups in total. The number of imide groups is 1. The van der Waals surface area contributed by atoms with Gasteiger partial charge in [0, 0.05) is 24.9 Å². The molecule has 0 bridgehead atoms. The Hall–Kier alpha value is -2.81. The van der Waals surface area contributed by atoms with E-state index in [4.69, 9.17) is 10.00 Å². The summed E-state index contributed by atoms with van der Waals surface area (Å²) in [4.78, 5) is 22.2. The Labute approximate surface area is 110 Å². The Kier molecular flexibility index (Phi) is 5.11. The van der Waals surface area contributed by atoms with Crippen LogP contribution in [-0.2, 0) is 9.59 Å². The van der Waals surface area contributed by atoms with Gasteiger partial charge in [-0.25, -0.2) is 0 Å². The molecule has 19 heavy (non-hydrogen) atoms. The molecule has 0 spiro atoms. The van der Waals surface area contributed by atoms with Crippen LogP contribution in [0.1, 0.15) is 6.92 Å². The first-order valence-electron chi connectivity index (χ1n) is 5.39. The van der Waals surface area contributed by atoms with Crippen LogP contribution in [0, 0.1) is 11.3 Å². The highest BCUT2D eigenvalue weighted by Crippen LogP contribution is 2.16. The quantitative estimate of drug-likeness (QED) is 0.625. The number of amides is 2. The minimum Gasteiger partial charge on any atom is -0.497 e. The molecule has 0 heterocycles. The molecule has 0 aromatic heterocycles. The lowest BCUT2D eigenvalue weighted by Gasteiger charge is -2.04. The zero-order valence-corrected chi connectivity index (χ0v) is 10.6. The summed E-state index contributed by atoms with van der Waals surface area (Å²) < 4.78 is 5.04. The van der Waals surface area contributed by atoms with Crippen LogP contribution >= 0.6 is 0 Å². The van der Waals surface area contributed by atoms with Gasteiger partial charge in [-0.05, 0) is 12.1 Å². The number of nitriles is 1. The smallest absolute Gasteiger partial charge is 0.269 e. The first kappa shape index (κ1) is 14.3. The first-order chi connectivity index (χ1) is 9.06. The van der Waals surface area contributed by atoms with Crippen LogP contribution in [0.15, 0.2) is 36.0 Å². The second kappa shape index (κ2) is 6.81. The van der Waals surface area contributed by atoms with Gasteiger partial charge in [-0.1, -0.05) is 6.07 Å². The average molecular weight is 259 g/mol. The molecule has 1 aromatic carbocycles. The van der Waals surface area contributed by atoms with Gasteiger partial charge in [0.15, 0.2) is 0 Å². The topological polar surface area (TPSA) is 91.2 Å². The van der Waals surface area contributed by atoms with Crippen LogP contribution in [0.5, 0.6) is 5.75 Å². The predicted octanol–water partition coefficient (Wildman–Crippen LogP) is 1.18. The molecule has 2 amide bonds. The minimum absolute atomic E-state index is 0.196. The van der Waals surface area contributed by atoms with E-state index in [-0.39, 0.29) is 5.57 Å². The van der Waals surface area contributed by atoms with Crippen LogP contribution in [0.3, 0.4) is 0 Å². The number of ether oxygens (including phenoxy) is 1. The third kappa shape index (κ3) is 4.52. The van der Waals surface area contributed by atoms with Crippen molar-refractivity contribution in [1.82, 2.24) is 5.32 Å². The fourth-order valence-electron chi connectivity index (χ4n) is 1.24. The molecule has 0 saturated carbocycles. The maximum atomic E-state index is 11.4. The van der Waals surface area contributed by atoms with Gasteiger partial charge in [-0.3, -0.25) is 14.9 Å². The van der Waals surface area contributed by atoms with Crippen molar-refractivity contribution in [2.75, 3.05) is 12.4 Å². The summed E-state index contributed by atoms with van der Waals surface area (Å²) in [5, 5.41) is 13.6. The monoisotopic (exact) mass is 259 g/mol. The number of anilines is 1. The molecule has 98 valence electrons. The molecule has 0 fully saturated rings. The summed E-state index contributed by atoms with van der Waals surface area (Å²) >= 11 is 0. The van der Waals surface area contributed by atoms with E-state index < -0.39 is 11.8 Å². The van der Waals surface area contributed by atoms with E-state index in [9.17, 15) is 9.59 Å². The minimum atomic E-state index is -0.745. The molecular weight excluding hydrogens is 246 g/mol. The van der Waals surface area contributed by atoms with Crippen LogP contribution < -0.4 is 15.4 Å². The van der Waals surface area contributed by atoms with Gasteiger partial charge in [0.25, 0.3) is 5.91 Å². The highest BCUT2D eigenvalue weighted by Gasteiger charge is 2.09. The molecule has 0 radical (unpaired) electrons. The number of carbonyl (C=O) groups excluding carboxylic acids is 2. The Morgan fingerprint density at radius 1 is 1.42 bits per heavy atom. The molecule has 0 saturated heterocycles. The highest BCUT2D eigenvalue weighted by molar-refractivity contribution is 6.06. The van der Waals surface area contributed by atoms with Crippen molar-refractivity contribution in [3.05, 3.63) is 36.0 Å². The Morgan fingerprint density at radius 3 is 2.74 bits per heavy atom. The van der Waals surface area contributed by atoms with Gasteiger partial charge in [0.1, 0.15) is 17.4 Å². The fraction of sp³-hybridized carbons (Fsp3) is 0.154. The van der Waals surface area contributed by atoms with Crippen molar-refractivity contribution < 1.29 is 14.3 Å². The van der Waals surface area contributed by atoms with Crippen LogP contribution in [0.25, 0.3) is 0 Å². The van der Waals surface area contributed by atoms with Gasteiger partial charge < -0.3 is 10.1 Å². The Morgan fingerprint density at radius 2 is 2.16 bits per heavy atom. The molecule has 0 atom stereocenters. The number of nitrogens with one attached hydrogen (secondary N) is 2. The fourth-order valence-corrected chi connectivity index (χ4v) is 1.24. The largest absolute Gasteiger partial charge is 0.497 e. The van der Waals surface area contributed by atoms with E-state index in [1.54, 1.807) is 30.3 Å². The number of nitrogens with zero attached hydrogens (tertiary/aromatic N) is 1. The van der Waals surface area contributed by atoms with Crippen molar-refractivity contribution in [2.24, 2.45) is 0 Å². The summed E-state index contributed by atoms with van der Waals surface area (Å²) in [5.41, 5.74) is 0.459. The van der Waals surface area contributed by atoms with Crippen LogP contribution in [0.4, 0.5) is 5.69 Å². The zero-order chi connectivity index (χ0) is 14.3. The standard InChI is InChI=1S/C13H13N3O3/c1-9(17)16-13(18)10(7-14)8-15-11-4-3-5-12(6-11)19-2/h3-6,8,15H,1-2H3,(H,16,17,18)/b10-8-. The van der Waals surface area contributed by atoms with E-state index >= 15 is 0 Å². The van der Waals surface area contributed by atoms with E-state index in [1.165, 1.54) is 20.2 Å². The summed E-state index contributed by atoms with van der Waals surface area (Å²) in [6.45, 7) is 1.20. The number of hydrogen-bond donors (Lipinski definition) is 2. The molecule has 0 aliphatic heterocycles. The summed E-state index contributed by atoms with van der Waals surface area (Å²) in [7, 11) is 1.54. The van der Waals surface area contributed by atoms with Crippen molar-refractivity contribution in [2.45, 2.75) is 6.92 Å². The van der Waals surface area contributed by atoms with Gasteiger partial charge in [-0.2, -0.15) is 5.26 Å². The normalized spacial score (nSPS) is 10.3. The zero-order valence-electron chi connectivity index (χ0n) is 10.6. The lowest BCUT2D eigenvalue weighted by Crippen LogP contribution is -2.29. The number of rotatable bonds is 4. The molecular formula is C13H13N3O3. The van der Waals surface area contributed by atoms with Crippen molar-refractivity contribution in [3.63, 3.8) is 0 Å². The maximum Gasteiger partial charge on any atom is 0.269 e. The molecule has 1 rings (SSSR count). The lowest BCUT2D eigenvalue weighted by atomic mass is 10.2. The number of hydrogen-bond acceptors (Lipinski definition) is 5. The number of benzene rings is 1. The van der Waals surface area contributed by atoms with Gasteiger partial charge in [0.05, 0.1) is 7.11 Å². The van der Waals surface area contributed by atoms with Crippen molar-refractivity contribution in [3.8, 4) is 11.8 Å². The second-order valence-corrected chi connectivity index (χ2v) is 3.56. The molecule has 0 unspecified atom stereocenters. The molecule has 1 aromatic rings. The number of carbonyl (C=O) groups is 2. The van der Waals surface area contributed by atoms with Crippen molar-refractivity contribution in [1.29, 1.82) is 5.26 Å². The SMILES string of the molecule is COc1cccc(N/C=C(/C#N)C(=O)NC(C)=O)c1. The van der Waals surface area contributed by atoms with Gasteiger partial charge >= 0.3 is 0 Å². The predicted molar refractivity (Wildman–Crippen MR) is 69.1 cm³/mol. The maximum absolute atomic E-state index is 11.4. The number of methoxy groups -OCH3 is 1. The van der Waals surface area contributed by atoms with Crippen molar-refractivity contribution >= 4 is 17.5 Å². The molecule has 0 aliphatic carbocycles. The van der Waals surface area contributed by atoms with Gasteiger partial charge in [-0.15, -0.1) is 0 Å². The molecule has 6 nitrogen and oxygen atoms in total. The van der Waals surface area contributed by atoms with Crippen LogP contribution in [0.2, 0.25) is 0 Å². The van der Waals surface area contributed by atoms with E-state index in [0.29, 0.717) is 11.4 Å². The molecule has 6 heteroatoms. The third-order valence-electron chi connectivity index (χ3n) is 2.11. The summed E-state index contributed by atoms with van der Waals surface area (Å²) in [6.07, 6.45) is 1.23. The van der Waals surface area contributed by atoms with Gasteiger partial charge in [0.2, 0.25) is 5.91 Å². The van der Waals surface area contributed by atoms with E-state index in [1.807, 2.05) is 5.32 Å². The molecule has 0 aliphatic rings. The lowest BCUT2D eigenvalue weighted by molar-refractivity contribution is -0.126. The van der Waals surface area contributed by atoms with E-state index in [0.717, 1.165) is 0 Å². The average Bonchev–Trinajstić information content (AvgIpc) is 2.39. The summed E-state index contributed by atoms with van der Waals surface area (Å²) in [5.74, 6) is -0.622. The summed E-state index contributed by atoms with van der Waals surface area (Å²) in [6, 6.07) is 8.69.